The first-order valence-corrected chi connectivity index (χ1v) is 10.6. The van der Waals surface area contributed by atoms with Gasteiger partial charge in [0, 0.05) is 11.9 Å². The molecule has 0 bridgehead atoms. The molecule has 2 heterocycles. The van der Waals surface area contributed by atoms with E-state index in [0.29, 0.717) is 25.7 Å². The van der Waals surface area contributed by atoms with Crippen molar-refractivity contribution in [2.45, 2.75) is 62.1 Å². The van der Waals surface area contributed by atoms with E-state index in [-0.39, 0.29) is 36.0 Å². The van der Waals surface area contributed by atoms with Crippen LogP contribution in [0.3, 0.4) is 0 Å². The fraction of sp³-hybridized carbons (Fsp3) is 0.765. The van der Waals surface area contributed by atoms with Crippen molar-refractivity contribution in [2.24, 2.45) is 11.8 Å². The monoisotopic (exact) mass is 439 g/mol. The maximum atomic E-state index is 12.5. The zero-order chi connectivity index (χ0) is 20.9. The molecule has 1 aliphatic carbocycles. The number of aliphatic carboxylic acids is 1. The van der Waals surface area contributed by atoms with Crippen molar-refractivity contribution in [1.82, 2.24) is 4.90 Å². The number of hydrogen-bond donors (Lipinski definition) is 0. The molecular weight excluding hydrogens is 417 g/mol. The Kier molecular flexibility index (Phi) is 7.08. The van der Waals surface area contributed by atoms with Crippen LogP contribution in [0.25, 0.3) is 0 Å². The molecular formula is C17H22NNaO9S. The van der Waals surface area contributed by atoms with E-state index in [1.165, 1.54) is 13.8 Å². The molecule has 10 nitrogen and oxygen atoms in total. The van der Waals surface area contributed by atoms with Crippen LogP contribution in [0.5, 0.6) is 0 Å². The van der Waals surface area contributed by atoms with E-state index in [0.717, 1.165) is 4.90 Å². The second kappa shape index (κ2) is 8.52. The van der Waals surface area contributed by atoms with Crippen molar-refractivity contribution in [2.75, 3.05) is 6.79 Å². The fourth-order valence-electron chi connectivity index (χ4n) is 4.24. The summed E-state index contributed by atoms with van der Waals surface area (Å²) in [4.78, 5) is 48.6. The summed E-state index contributed by atoms with van der Waals surface area (Å²) >= 11 is 0. The summed E-state index contributed by atoms with van der Waals surface area (Å²) in [6.07, 6.45) is 1.83. The molecule has 3 rings (SSSR count). The first-order valence-electron chi connectivity index (χ1n) is 9.09. The second-order valence-corrected chi connectivity index (χ2v) is 10.6. The van der Waals surface area contributed by atoms with Crippen LogP contribution in [-0.4, -0.2) is 60.1 Å². The Balaban J connectivity index is 0.00000300. The van der Waals surface area contributed by atoms with Gasteiger partial charge in [0.25, 0.3) is 0 Å². The second-order valence-electron chi connectivity index (χ2n) is 7.87. The molecule has 4 atom stereocenters. The van der Waals surface area contributed by atoms with Crippen LogP contribution < -0.4 is 34.7 Å². The molecule has 3 aliphatic rings. The predicted octanol–water partition coefficient (Wildman–Crippen LogP) is -4.28. The Morgan fingerprint density at radius 1 is 1.10 bits per heavy atom. The molecule has 0 unspecified atom stereocenters. The van der Waals surface area contributed by atoms with E-state index in [1.54, 1.807) is 0 Å². The summed E-state index contributed by atoms with van der Waals surface area (Å²) in [6, 6.07) is -1.33. The van der Waals surface area contributed by atoms with Gasteiger partial charge in [-0.1, -0.05) is 12.8 Å². The van der Waals surface area contributed by atoms with Crippen molar-refractivity contribution in [1.29, 1.82) is 0 Å². The van der Waals surface area contributed by atoms with Crippen molar-refractivity contribution in [3.8, 4) is 0 Å². The first-order chi connectivity index (χ1) is 13.0. The smallest absolute Gasteiger partial charge is 0.550 e. The Bertz CT molecular complexity index is 825. The Morgan fingerprint density at radius 3 is 2.21 bits per heavy atom. The summed E-state index contributed by atoms with van der Waals surface area (Å²) < 4.78 is 33.2. The molecule has 2 aliphatic heterocycles. The SMILES string of the molecule is CC1(C)[C@H](C(=O)OCOC(=O)[C@H]2CCCC[C@@H]2C(=O)[O-])N2C(=O)C[C@H]2S1(=O)=O.[Na+]. The third kappa shape index (κ3) is 3.94. The normalized spacial score (nSPS) is 31.7. The van der Waals surface area contributed by atoms with Gasteiger partial charge in [0.2, 0.25) is 12.7 Å². The van der Waals surface area contributed by atoms with Gasteiger partial charge >= 0.3 is 41.5 Å². The third-order valence-electron chi connectivity index (χ3n) is 5.97. The zero-order valence-corrected chi connectivity index (χ0v) is 19.4. The number of nitrogens with zero attached hydrogens (tertiary/aromatic N) is 1. The van der Waals surface area contributed by atoms with E-state index in [2.05, 4.69) is 0 Å². The fourth-order valence-corrected chi connectivity index (χ4v) is 6.36. The van der Waals surface area contributed by atoms with Gasteiger partial charge in [-0.25, -0.2) is 13.2 Å². The van der Waals surface area contributed by atoms with Gasteiger partial charge in [0.1, 0.15) is 11.4 Å². The number of carboxylic acids is 1. The van der Waals surface area contributed by atoms with Crippen LogP contribution in [-0.2, 0) is 38.5 Å². The molecule has 0 aromatic carbocycles. The molecule has 0 aromatic heterocycles. The van der Waals surface area contributed by atoms with Gasteiger partial charge in [-0.3, -0.25) is 9.59 Å². The minimum absolute atomic E-state index is 0. The van der Waals surface area contributed by atoms with Crippen LogP contribution in [0.15, 0.2) is 0 Å². The van der Waals surface area contributed by atoms with Crippen LogP contribution in [0.4, 0.5) is 0 Å². The topological polar surface area (TPSA) is 147 Å². The molecule has 3 fully saturated rings. The van der Waals surface area contributed by atoms with Gasteiger partial charge in [0.05, 0.1) is 17.1 Å². The molecule has 0 N–H and O–H groups in total. The average molecular weight is 439 g/mol. The summed E-state index contributed by atoms with van der Waals surface area (Å²) in [5.41, 5.74) is 0. The van der Waals surface area contributed by atoms with Gasteiger partial charge in [0.15, 0.2) is 9.84 Å². The van der Waals surface area contributed by atoms with E-state index >= 15 is 0 Å². The minimum atomic E-state index is -3.74. The number of esters is 2. The molecule has 1 amide bonds. The molecule has 0 aromatic rings. The maximum Gasteiger partial charge on any atom is 1.00 e. The number of fused-ring (bicyclic) bond motifs is 1. The zero-order valence-electron chi connectivity index (χ0n) is 16.6. The van der Waals surface area contributed by atoms with Crippen LogP contribution in [0.1, 0.15) is 46.0 Å². The largest absolute Gasteiger partial charge is 1.00 e. The Morgan fingerprint density at radius 2 is 1.66 bits per heavy atom. The van der Waals surface area contributed by atoms with Gasteiger partial charge in [-0.15, -0.1) is 0 Å². The number of carbonyl (C=O) groups excluding carboxylic acids is 4. The van der Waals surface area contributed by atoms with E-state index in [9.17, 15) is 32.7 Å². The molecule has 2 saturated heterocycles. The Hall–Kier alpha value is -1.17. The maximum absolute atomic E-state index is 12.5. The average Bonchev–Trinajstić information content (AvgIpc) is 2.75. The standard InChI is InChI=1S/C17H23NO9S.Na/c1-17(2)13(18-11(19)7-12(18)28(17,24)25)16(23)27-8-26-15(22)10-6-4-3-5-9(10)14(20)21;/h9-10,12-13H,3-8H2,1-2H3,(H,20,21);/q;+1/p-1/t9-,10-,12+,13-;/m0./s1. The molecule has 12 heteroatoms. The summed E-state index contributed by atoms with van der Waals surface area (Å²) in [6.45, 7) is 1.91. The van der Waals surface area contributed by atoms with Crippen LogP contribution in [0, 0.1) is 11.8 Å². The van der Waals surface area contributed by atoms with Gasteiger partial charge in [-0.05, 0) is 26.7 Å². The number of rotatable bonds is 5. The number of carboxylic acid groups (broad SMARTS) is 1. The van der Waals surface area contributed by atoms with Crippen molar-refractivity contribution < 1.29 is 71.7 Å². The number of carbonyl (C=O) groups is 4. The molecule has 1 saturated carbocycles. The van der Waals surface area contributed by atoms with Crippen molar-refractivity contribution >= 4 is 33.7 Å². The third-order valence-corrected chi connectivity index (χ3v) is 8.77. The molecule has 156 valence electrons. The summed E-state index contributed by atoms with van der Waals surface area (Å²) in [5, 5.41) is 10.1. The molecule has 0 radical (unpaired) electrons. The predicted molar refractivity (Wildman–Crippen MR) is 89.5 cm³/mol. The minimum Gasteiger partial charge on any atom is -0.550 e. The quantitative estimate of drug-likeness (QED) is 0.180. The van der Waals surface area contributed by atoms with Gasteiger partial charge < -0.3 is 24.3 Å². The number of β-lactam (4-membered cyclic amide) rings is 1. The van der Waals surface area contributed by atoms with E-state index < -0.39 is 68.4 Å². The molecule has 0 spiro atoms. The van der Waals surface area contributed by atoms with Gasteiger partial charge in [-0.2, -0.15) is 0 Å². The first kappa shape index (κ1) is 24.1. The van der Waals surface area contributed by atoms with Crippen molar-refractivity contribution in [3.63, 3.8) is 0 Å². The Labute approximate surface area is 190 Å². The summed E-state index contributed by atoms with van der Waals surface area (Å²) in [5.74, 6) is -5.40. The number of sulfone groups is 1. The molecule has 29 heavy (non-hydrogen) atoms. The number of hydrogen-bond acceptors (Lipinski definition) is 9. The van der Waals surface area contributed by atoms with E-state index in [1.807, 2.05) is 0 Å². The van der Waals surface area contributed by atoms with E-state index in [4.69, 9.17) is 9.47 Å². The number of amides is 1. The van der Waals surface area contributed by atoms with Crippen LogP contribution in [0.2, 0.25) is 0 Å². The summed E-state index contributed by atoms with van der Waals surface area (Å²) in [7, 11) is -3.74. The number of ether oxygens (including phenoxy) is 2. The van der Waals surface area contributed by atoms with Crippen molar-refractivity contribution in [3.05, 3.63) is 0 Å². The van der Waals surface area contributed by atoms with Crippen LogP contribution >= 0.6 is 0 Å².